The molecule has 0 bridgehead atoms. The number of hydrogen-bond donors (Lipinski definition) is 0. The first-order valence-electron chi connectivity index (χ1n) is 9.95. The minimum Gasteiger partial charge on any atom is -0.383 e. The number of hydrogen-bond acceptors (Lipinski definition) is 3. The van der Waals surface area contributed by atoms with Crippen LogP contribution in [0.3, 0.4) is 0 Å². The summed E-state index contributed by atoms with van der Waals surface area (Å²) in [6.07, 6.45) is 0.846. The molecule has 0 saturated heterocycles. The second kappa shape index (κ2) is 9.20. The van der Waals surface area contributed by atoms with Crippen LogP contribution >= 0.6 is 11.3 Å². The summed E-state index contributed by atoms with van der Waals surface area (Å²) in [5.41, 5.74) is 5.28. The highest BCUT2D eigenvalue weighted by Crippen LogP contribution is 2.19. The standard InChI is InChI=1S/C25H24N2O2S/c1-18-8-13-22-23(16-18)30-25(27(22)14-15-29-2)26-24(28)21-11-9-20(10-12-21)17-19-6-4-3-5-7-19/h3-13,16H,14-15,17H2,1-2H3. The number of benzene rings is 3. The van der Waals surface area contributed by atoms with Crippen molar-refractivity contribution in [1.82, 2.24) is 4.57 Å². The van der Waals surface area contributed by atoms with Crippen LogP contribution in [0.5, 0.6) is 0 Å². The number of rotatable bonds is 6. The maximum Gasteiger partial charge on any atom is 0.279 e. The molecule has 5 heteroatoms. The fourth-order valence-electron chi connectivity index (χ4n) is 3.41. The van der Waals surface area contributed by atoms with Crippen molar-refractivity contribution in [3.63, 3.8) is 0 Å². The number of carbonyl (C=O) groups is 1. The van der Waals surface area contributed by atoms with E-state index >= 15 is 0 Å². The molecule has 0 unspecified atom stereocenters. The van der Waals surface area contributed by atoms with Crippen molar-refractivity contribution in [2.45, 2.75) is 19.9 Å². The number of ether oxygens (including phenoxy) is 1. The second-order valence-corrected chi connectivity index (χ2v) is 8.29. The van der Waals surface area contributed by atoms with Gasteiger partial charge in [0.2, 0.25) is 0 Å². The van der Waals surface area contributed by atoms with Crippen LogP contribution in [-0.2, 0) is 17.7 Å². The molecule has 1 amide bonds. The zero-order valence-corrected chi connectivity index (χ0v) is 18.0. The Labute approximate surface area is 180 Å². The van der Waals surface area contributed by atoms with Crippen LogP contribution in [0.15, 0.2) is 77.8 Å². The molecule has 0 N–H and O–H groups in total. The van der Waals surface area contributed by atoms with E-state index in [9.17, 15) is 4.79 Å². The molecule has 1 aromatic heterocycles. The fraction of sp³-hybridized carbons (Fsp3) is 0.200. The zero-order chi connectivity index (χ0) is 20.9. The van der Waals surface area contributed by atoms with Gasteiger partial charge in [0.15, 0.2) is 4.80 Å². The van der Waals surface area contributed by atoms with Gasteiger partial charge in [0.05, 0.1) is 16.8 Å². The van der Waals surface area contributed by atoms with E-state index in [2.05, 4.69) is 46.8 Å². The van der Waals surface area contributed by atoms with Gasteiger partial charge in [-0.2, -0.15) is 4.99 Å². The van der Waals surface area contributed by atoms with Gasteiger partial charge >= 0.3 is 0 Å². The van der Waals surface area contributed by atoms with Gasteiger partial charge in [-0.15, -0.1) is 0 Å². The molecule has 0 aliphatic heterocycles. The smallest absolute Gasteiger partial charge is 0.279 e. The molecule has 0 aliphatic rings. The third kappa shape index (κ3) is 4.58. The van der Waals surface area contributed by atoms with Crippen LogP contribution in [0.4, 0.5) is 0 Å². The molecule has 4 rings (SSSR count). The van der Waals surface area contributed by atoms with E-state index in [0.29, 0.717) is 23.5 Å². The van der Waals surface area contributed by atoms with Crippen molar-refractivity contribution in [2.75, 3.05) is 13.7 Å². The predicted octanol–water partition coefficient (Wildman–Crippen LogP) is 4.99. The minimum atomic E-state index is -0.226. The van der Waals surface area contributed by atoms with Crippen LogP contribution in [0.2, 0.25) is 0 Å². The molecule has 30 heavy (non-hydrogen) atoms. The lowest BCUT2D eigenvalue weighted by molar-refractivity contribution is 0.0997. The number of methoxy groups -OCH3 is 1. The quantitative estimate of drug-likeness (QED) is 0.444. The Kier molecular flexibility index (Phi) is 6.21. The molecule has 152 valence electrons. The van der Waals surface area contributed by atoms with Crippen molar-refractivity contribution in [2.24, 2.45) is 4.99 Å². The number of aromatic nitrogens is 1. The monoisotopic (exact) mass is 416 g/mol. The average Bonchev–Trinajstić information content (AvgIpc) is 3.09. The van der Waals surface area contributed by atoms with Crippen molar-refractivity contribution >= 4 is 27.5 Å². The number of carbonyl (C=O) groups excluding carboxylic acids is 1. The highest BCUT2D eigenvalue weighted by atomic mass is 32.1. The van der Waals surface area contributed by atoms with Gasteiger partial charge in [-0.1, -0.05) is 59.9 Å². The molecular weight excluding hydrogens is 392 g/mol. The van der Waals surface area contributed by atoms with E-state index < -0.39 is 0 Å². The Balaban J connectivity index is 1.62. The topological polar surface area (TPSA) is 43.6 Å². The highest BCUT2D eigenvalue weighted by molar-refractivity contribution is 7.16. The van der Waals surface area contributed by atoms with Crippen LogP contribution in [-0.4, -0.2) is 24.2 Å². The van der Waals surface area contributed by atoms with E-state index in [1.54, 1.807) is 7.11 Å². The van der Waals surface area contributed by atoms with Crippen LogP contribution < -0.4 is 4.80 Å². The summed E-state index contributed by atoms with van der Waals surface area (Å²) < 4.78 is 8.43. The van der Waals surface area contributed by atoms with E-state index in [-0.39, 0.29) is 5.91 Å². The zero-order valence-electron chi connectivity index (χ0n) is 17.2. The number of nitrogens with zero attached hydrogens (tertiary/aromatic N) is 2. The summed E-state index contributed by atoms with van der Waals surface area (Å²) in [5, 5.41) is 0. The third-order valence-electron chi connectivity index (χ3n) is 5.01. The molecule has 0 radical (unpaired) electrons. The lowest BCUT2D eigenvalue weighted by Gasteiger charge is -2.05. The Morgan fingerprint density at radius 3 is 2.47 bits per heavy atom. The van der Waals surface area contributed by atoms with Gasteiger partial charge in [-0.25, -0.2) is 0 Å². The average molecular weight is 417 g/mol. The highest BCUT2D eigenvalue weighted by Gasteiger charge is 2.10. The molecule has 1 heterocycles. The molecule has 0 saturated carbocycles. The molecule has 0 aliphatic carbocycles. The lowest BCUT2D eigenvalue weighted by atomic mass is 10.0. The first kappa shape index (κ1) is 20.3. The maximum absolute atomic E-state index is 12.8. The third-order valence-corrected chi connectivity index (χ3v) is 6.05. The van der Waals surface area contributed by atoms with Gasteiger partial charge in [-0.05, 0) is 54.3 Å². The van der Waals surface area contributed by atoms with Crippen molar-refractivity contribution in [1.29, 1.82) is 0 Å². The number of aryl methyl sites for hydroxylation is 1. The van der Waals surface area contributed by atoms with Crippen molar-refractivity contribution in [3.05, 3.63) is 99.9 Å². The Bertz CT molecular complexity index is 1220. The summed E-state index contributed by atoms with van der Waals surface area (Å²) in [5.74, 6) is -0.226. The van der Waals surface area contributed by atoms with Crippen LogP contribution in [0, 0.1) is 6.92 Å². The van der Waals surface area contributed by atoms with Gasteiger partial charge in [0.25, 0.3) is 5.91 Å². The molecule has 3 aromatic carbocycles. The van der Waals surface area contributed by atoms with Gasteiger partial charge in [0.1, 0.15) is 0 Å². The summed E-state index contributed by atoms with van der Waals surface area (Å²) in [6.45, 7) is 3.29. The molecule has 0 spiro atoms. The normalized spacial score (nSPS) is 11.9. The summed E-state index contributed by atoms with van der Waals surface area (Å²) >= 11 is 1.54. The van der Waals surface area contributed by atoms with Gasteiger partial charge in [0, 0.05) is 19.2 Å². The second-order valence-electron chi connectivity index (χ2n) is 7.28. The number of fused-ring (bicyclic) bond motifs is 1. The number of thiazole rings is 1. The number of amides is 1. The maximum atomic E-state index is 12.8. The Morgan fingerprint density at radius 2 is 1.73 bits per heavy atom. The summed E-state index contributed by atoms with van der Waals surface area (Å²) in [6, 6.07) is 24.3. The van der Waals surface area contributed by atoms with E-state index in [1.807, 2.05) is 42.5 Å². The molecule has 0 atom stereocenters. The summed E-state index contributed by atoms with van der Waals surface area (Å²) in [7, 11) is 1.68. The van der Waals surface area contributed by atoms with E-state index in [1.165, 1.54) is 28.0 Å². The molecule has 4 nitrogen and oxygen atoms in total. The molecular formula is C25H24N2O2S. The van der Waals surface area contributed by atoms with Gasteiger partial charge < -0.3 is 9.30 Å². The first-order chi connectivity index (χ1) is 14.6. The largest absolute Gasteiger partial charge is 0.383 e. The van der Waals surface area contributed by atoms with Crippen molar-refractivity contribution in [3.8, 4) is 0 Å². The van der Waals surface area contributed by atoms with Crippen LogP contribution in [0.1, 0.15) is 27.0 Å². The predicted molar refractivity (Wildman–Crippen MR) is 122 cm³/mol. The minimum absolute atomic E-state index is 0.226. The molecule has 4 aromatic rings. The van der Waals surface area contributed by atoms with E-state index in [0.717, 1.165) is 16.6 Å². The molecule has 0 fully saturated rings. The lowest BCUT2D eigenvalue weighted by Crippen LogP contribution is -2.19. The van der Waals surface area contributed by atoms with Crippen LogP contribution in [0.25, 0.3) is 10.2 Å². The Hall–Kier alpha value is -3.02. The van der Waals surface area contributed by atoms with Crippen molar-refractivity contribution < 1.29 is 9.53 Å². The fourth-order valence-corrected chi connectivity index (χ4v) is 4.57. The van der Waals surface area contributed by atoms with E-state index in [4.69, 9.17) is 4.74 Å². The summed E-state index contributed by atoms with van der Waals surface area (Å²) in [4.78, 5) is 18.0. The van der Waals surface area contributed by atoms with Gasteiger partial charge in [-0.3, -0.25) is 4.79 Å². The SMILES string of the molecule is COCCn1c(=NC(=O)c2ccc(Cc3ccccc3)cc2)sc2cc(C)ccc21. The first-order valence-corrected chi connectivity index (χ1v) is 10.8. The Morgan fingerprint density at radius 1 is 1.00 bits per heavy atom.